The first-order chi connectivity index (χ1) is 13.7. The van der Waals surface area contributed by atoms with E-state index in [1.807, 2.05) is 36.4 Å². The van der Waals surface area contributed by atoms with Crippen molar-refractivity contribution in [3.8, 4) is 22.8 Å². The first kappa shape index (κ1) is 17.3. The van der Waals surface area contributed by atoms with Crippen LogP contribution < -0.4 is 4.90 Å². The molecule has 0 radical (unpaired) electrons. The van der Waals surface area contributed by atoms with E-state index < -0.39 is 0 Å². The highest BCUT2D eigenvalue weighted by Crippen LogP contribution is 2.33. The molecule has 28 heavy (non-hydrogen) atoms. The van der Waals surface area contributed by atoms with Crippen molar-refractivity contribution in [2.75, 3.05) is 31.2 Å². The number of hydrogen-bond donors (Lipinski definition) is 0. The molecule has 0 unspecified atom stereocenters. The van der Waals surface area contributed by atoms with Gasteiger partial charge in [0.25, 0.3) is 5.89 Å². The van der Waals surface area contributed by atoms with Crippen LogP contribution >= 0.6 is 0 Å². The Morgan fingerprint density at radius 2 is 1.64 bits per heavy atom. The van der Waals surface area contributed by atoms with Gasteiger partial charge >= 0.3 is 0 Å². The SMILES string of the molecule is Cc1ccc(-c2noc(-c3ccc(N4CCC5(CC4)OCCO5)nc3)n2)cc1. The fourth-order valence-electron chi connectivity index (χ4n) is 3.72. The smallest absolute Gasteiger partial charge is 0.259 e. The second-order valence-electron chi connectivity index (χ2n) is 7.29. The lowest BCUT2D eigenvalue weighted by Crippen LogP contribution is -2.45. The predicted molar refractivity (Wildman–Crippen MR) is 104 cm³/mol. The van der Waals surface area contributed by atoms with Crippen LogP contribution in [0, 0.1) is 6.92 Å². The average molecular weight is 378 g/mol. The van der Waals surface area contributed by atoms with Crippen molar-refractivity contribution in [1.29, 1.82) is 0 Å². The largest absolute Gasteiger partial charge is 0.356 e. The van der Waals surface area contributed by atoms with E-state index in [0.29, 0.717) is 24.9 Å². The van der Waals surface area contributed by atoms with Crippen molar-refractivity contribution in [3.05, 3.63) is 48.2 Å². The maximum atomic E-state index is 5.79. The molecule has 144 valence electrons. The number of ether oxygens (including phenoxy) is 2. The number of hydrogen-bond acceptors (Lipinski definition) is 7. The molecule has 4 heterocycles. The molecule has 1 spiro atoms. The quantitative estimate of drug-likeness (QED) is 0.691. The minimum Gasteiger partial charge on any atom is -0.356 e. The zero-order valence-electron chi connectivity index (χ0n) is 15.8. The predicted octanol–water partition coefficient (Wildman–Crippen LogP) is 3.45. The zero-order chi connectivity index (χ0) is 19.0. The number of benzene rings is 1. The summed E-state index contributed by atoms with van der Waals surface area (Å²) in [6.07, 6.45) is 3.51. The standard InChI is InChI=1S/C21H22N4O3/c1-15-2-4-16(5-3-15)19-23-20(28-24-19)17-6-7-18(22-14-17)25-10-8-21(9-11-25)26-12-13-27-21/h2-7,14H,8-13H2,1H3. The van der Waals surface area contributed by atoms with Gasteiger partial charge in [-0.25, -0.2) is 4.98 Å². The van der Waals surface area contributed by atoms with E-state index in [0.717, 1.165) is 42.9 Å². The van der Waals surface area contributed by atoms with Crippen LogP contribution in [0.3, 0.4) is 0 Å². The van der Waals surface area contributed by atoms with Gasteiger partial charge in [0.2, 0.25) is 5.82 Å². The van der Waals surface area contributed by atoms with Crippen LogP contribution in [0.25, 0.3) is 22.8 Å². The van der Waals surface area contributed by atoms with Gasteiger partial charge in [0.05, 0.1) is 18.8 Å². The molecule has 1 aromatic carbocycles. The van der Waals surface area contributed by atoms with Crippen LogP contribution in [0.2, 0.25) is 0 Å². The normalized spacial score (nSPS) is 18.7. The summed E-state index contributed by atoms with van der Waals surface area (Å²) < 4.78 is 17.0. The van der Waals surface area contributed by atoms with Crippen molar-refractivity contribution in [3.63, 3.8) is 0 Å². The van der Waals surface area contributed by atoms with Gasteiger partial charge in [-0.2, -0.15) is 4.98 Å². The van der Waals surface area contributed by atoms with Gasteiger partial charge in [-0.3, -0.25) is 0 Å². The molecule has 5 rings (SSSR count). The van der Waals surface area contributed by atoms with Crippen molar-refractivity contribution in [1.82, 2.24) is 15.1 Å². The lowest BCUT2D eigenvalue weighted by Gasteiger charge is -2.38. The average Bonchev–Trinajstić information content (AvgIpc) is 3.40. The highest BCUT2D eigenvalue weighted by molar-refractivity contribution is 5.60. The molecule has 2 aromatic heterocycles. The molecule has 3 aromatic rings. The maximum Gasteiger partial charge on any atom is 0.259 e. The molecular formula is C21H22N4O3. The topological polar surface area (TPSA) is 73.5 Å². The van der Waals surface area contributed by atoms with Gasteiger partial charge in [-0.1, -0.05) is 35.0 Å². The molecule has 0 amide bonds. The van der Waals surface area contributed by atoms with Gasteiger partial charge in [0, 0.05) is 37.7 Å². The molecule has 2 fully saturated rings. The summed E-state index contributed by atoms with van der Waals surface area (Å²) >= 11 is 0. The van der Waals surface area contributed by atoms with Crippen molar-refractivity contribution >= 4 is 5.82 Å². The maximum absolute atomic E-state index is 5.79. The number of piperidine rings is 1. The van der Waals surface area contributed by atoms with E-state index in [1.165, 1.54) is 5.56 Å². The Balaban J connectivity index is 1.28. The highest BCUT2D eigenvalue weighted by Gasteiger charge is 2.40. The molecule has 7 heteroatoms. The van der Waals surface area contributed by atoms with E-state index in [-0.39, 0.29) is 5.79 Å². The Morgan fingerprint density at radius 3 is 2.32 bits per heavy atom. The summed E-state index contributed by atoms with van der Waals surface area (Å²) in [5.41, 5.74) is 2.94. The zero-order valence-corrected chi connectivity index (χ0v) is 15.8. The molecule has 0 saturated carbocycles. The summed E-state index contributed by atoms with van der Waals surface area (Å²) in [7, 11) is 0. The van der Waals surface area contributed by atoms with Crippen molar-refractivity contribution in [2.24, 2.45) is 0 Å². The molecule has 2 aliphatic rings. The number of aryl methyl sites for hydroxylation is 1. The van der Waals surface area contributed by atoms with E-state index in [2.05, 4.69) is 26.9 Å². The summed E-state index contributed by atoms with van der Waals surface area (Å²) in [6, 6.07) is 12.0. The Morgan fingerprint density at radius 1 is 0.929 bits per heavy atom. The van der Waals surface area contributed by atoms with Gasteiger partial charge < -0.3 is 18.9 Å². The monoisotopic (exact) mass is 378 g/mol. The fraction of sp³-hybridized carbons (Fsp3) is 0.381. The summed E-state index contributed by atoms with van der Waals surface area (Å²) in [5, 5.41) is 4.09. The molecule has 2 aliphatic heterocycles. The van der Waals surface area contributed by atoms with E-state index in [9.17, 15) is 0 Å². The molecule has 0 N–H and O–H groups in total. The number of rotatable bonds is 3. The minimum atomic E-state index is -0.368. The van der Waals surface area contributed by atoms with E-state index >= 15 is 0 Å². The van der Waals surface area contributed by atoms with Crippen LogP contribution in [0.15, 0.2) is 47.1 Å². The lowest BCUT2D eigenvalue weighted by molar-refractivity contribution is -0.169. The number of pyridine rings is 1. The third-order valence-corrected chi connectivity index (χ3v) is 5.39. The fourth-order valence-corrected chi connectivity index (χ4v) is 3.72. The Hall–Kier alpha value is -2.77. The summed E-state index contributed by atoms with van der Waals surface area (Å²) in [6.45, 7) is 5.17. The molecule has 0 bridgehead atoms. The number of nitrogens with zero attached hydrogens (tertiary/aromatic N) is 4. The molecule has 0 atom stereocenters. The Kier molecular flexibility index (Phi) is 4.33. The van der Waals surface area contributed by atoms with Crippen molar-refractivity contribution in [2.45, 2.75) is 25.6 Å². The first-order valence-electron chi connectivity index (χ1n) is 9.61. The molecule has 7 nitrogen and oxygen atoms in total. The van der Waals surface area contributed by atoms with Crippen LogP contribution in [-0.2, 0) is 9.47 Å². The molecule has 0 aliphatic carbocycles. The number of anilines is 1. The van der Waals surface area contributed by atoms with Crippen LogP contribution in [0.1, 0.15) is 18.4 Å². The van der Waals surface area contributed by atoms with Gasteiger partial charge in [-0.05, 0) is 19.1 Å². The van der Waals surface area contributed by atoms with Crippen LogP contribution in [0.5, 0.6) is 0 Å². The summed E-state index contributed by atoms with van der Waals surface area (Å²) in [4.78, 5) is 11.4. The van der Waals surface area contributed by atoms with Gasteiger partial charge in [0.15, 0.2) is 5.79 Å². The first-order valence-corrected chi connectivity index (χ1v) is 9.61. The Labute approximate surface area is 163 Å². The third-order valence-electron chi connectivity index (χ3n) is 5.39. The van der Waals surface area contributed by atoms with Crippen LogP contribution in [0.4, 0.5) is 5.82 Å². The van der Waals surface area contributed by atoms with Crippen molar-refractivity contribution < 1.29 is 14.0 Å². The number of aromatic nitrogens is 3. The van der Waals surface area contributed by atoms with E-state index in [1.54, 1.807) is 6.20 Å². The lowest BCUT2D eigenvalue weighted by atomic mass is 10.0. The summed E-state index contributed by atoms with van der Waals surface area (Å²) in [5.74, 6) is 1.62. The second-order valence-corrected chi connectivity index (χ2v) is 7.29. The second kappa shape index (κ2) is 7.00. The highest BCUT2D eigenvalue weighted by atomic mass is 16.7. The minimum absolute atomic E-state index is 0.368. The Bertz CT molecular complexity index is 937. The van der Waals surface area contributed by atoms with E-state index in [4.69, 9.17) is 14.0 Å². The molecular weight excluding hydrogens is 356 g/mol. The third kappa shape index (κ3) is 3.27. The van der Waals surface area contributed by atoms with Gasteiger partial charge in [-0.15, -0.1) is 0 Å². The molecule has 2 saturated heterocycles. The van der Waals surface area contributed by atoms with Gasteiger partial charge in [0.1, 0.15) is 5.82 Å². The van der Waals surface area contributed by atoms with Crippen LogP contribution in [-0.4, -0.2) is 47.2 Å².